The zero-order valence-electron chi connectivity index (χ0n) is 8.62. The van der Waals surface area contributed by atoms with Gasteiger partial charge in [-0.2, -0.15) is 0 Å². The van der Waals surface area contributed by atoms with Gasteiger partial charge in [0.15, 0.2) is 0 Å². The monoisotopic (exact) mass is 266 g/mol. The second-order valence-corrected chi connectivity index (χ2v) is 5.53. The summed E-state index contributed by atoms with van der Waals surface area (Å²) in [4.78, 5) is 2.53. The number of hydrogen-bond acceptors (Lipinski definition) is 2. The van der Waals surface area contributed by atoms with Crippen molar-refractivity contribution in [3.8, 4) is 0 Å². The Hall–Kier alpha value is -0.380. The van der Waals surface area contributed by atoms with Crippen LogP contribution in [0.25, 0.3) is 0 Å². The maximum Gasteiger partial charge on any atom is 0.0427 e. The number of fused-ring (bicyclic) bond motifs is 1. The molecular weight excluding hydrogens is 252 g/mol. The Bertz CT molecular complexity index is 387. The molecular formula is C12H15BrN2. The Morgan fingerprint density at radius 2 is 2.13 bits per heavy atom. The summed E-state index contributed by atoms with van der Waals surface area (Å²) in [5, 5.41) is 0. The van der Waals surface area contributed by atoms with E-state index < -0.39 is 0 Å². The molecule has 1 unspecified atom stereocenters. The Morgan fingerprint density at radius 1 is 1.33 bits per heavy atom. The lowest BCUT2D eigenvalue weighted by molar-refractivity contribution is 0.221. The predicted molar refractivity (Wildman–Crippen MR) is 64.5 cm³/mol. The van der Waals surface area contributed by atoms with Crippen molar-refractivity contribution < 1.29 is 0 Å². The van der Waals surface area contributed by atoms with Gasteiger partial charge in [0.05, 0.1) is 0 Å². The van der Waals surface area contributed by atoms with Gasteiger partial charge in [-0.1, -0.05) is 22.0 Å². The average Bonchev–Trinajstić information content (AvgIpc) is 2.99. The first-order chi connectivity index (χ1) is 7.24. The molecule has 1 atom stereocenters. The molecule has 2 nitrogen and oxygen atoms in total. The van der Waals surface area contributed by atoms with Gasteiger partial charge in [-0.15, -0.1) is 0 Å². The zero-order chi connectivity index (χ0) is 10.4. The number of benzene rings is 1. The molecule has 1 aliphatic carbocycles. The van der Waals surface area contributed by atoms with Crippen LogP contribution in [-0.4, -0.2) is 17.5 Å². The van der Waals surface area contributed by atoms with Crippen molar-refractivity contribution in [1.82, 2.24) is 4.90 Å². The minimum absolute atomic E-state index is 0.197. The second kappa shape index (κ2) is 3.58. The fourth-order valence-electron chi connectivity index (χ4n) is 2.43. The van der Waals surface area contributed by atoms with Crippen molar-refractivity contribution in [3.05, 3.63) is 33.8 Å². The number of hydrogen-bond donors (Lipinski definition) is 1. The van der Waals surface area contributed by atoms with E-state index in [9.17, 15) is 0 Å². The van der Waals surface area contributed by atoms with Crippen LogP contribution < -0.4 is 5.73 Å². The molecule has 0 amide bonds. The molecule has 1 heterocycles. The Morgan fingerprint density at radius 3 is 2.87 bits per heavy atom. The average molecular weight is 267 g/mol. The van der Waals surface area contributed by atoms with Crippen LogP contribution in [0.1, 0.15) is 30.0 Å². The largest absolute Gasteiger partial charge is 0.323 e. The van der Waals surface area contributed by atoms with E-state index in [1.807, 2.05) is 0 Å². The van der Waals surface area contributed by atoms with Crippen molar-refractivity contribution in [2.45, 2.75) is 31.5 Å². The summed E-state index contributed by atoms with van der Waals surface area (Å²) in [6, 6.07) is 7.47. The van der Waals surface area contributed by atoms with Gasteiger partial charge in [0.2, 0.25) is 0 Å². The predicted octanol–water partition coefficient (Wildman–Crippen LogP) is 2.43. The molecule has 3 heteroatoms. The molecule has 2 N–H and O–H groups in total. The van der Waals surface area contributed by atoms with Crippen LogP contribution in [0.5, 0.6) is 0 Å². The summed E-state index contributed by atoms with van der Waals surface area (Å²) in [7, 11) is 0. The maximum absolute atomic E-state index is 6.20. The highest BCUT2D eigenvalue weighted by Gasteiger charge is 2.33. The summed E-state index contributed by atoms with van der Waals surface area (Å²) in [6.07, 6.45) is 2.71. The van der Waals surface area contributed by atoms with Crippen molar-refractivity contribution in [1.29, 1.82) is 0 Å². The first kappa shape index (κ1) is 9.82. The number of nitrogens with two attached hydrogens (primary N) is 1. The van der Waals surface area contributed by atoms with E-state index in [0.717, 1.165) is 23.6 Å². The molecule has 1 aliphatic heterocycles. The smallest absolute Gasteiger partial charge is 0.0427 e. The van der Waals surface area contributed by atoms with Crippen LogP contribution in [0.3, 0.4) is 0 Å². The molecule has 0 aromatic heterocycles. The van der Waals surface area contributed by atoms with E-state index in [2.05, 4.69) is 39.0 Å². The molecule has 3 rings (SSSR count). The maximum atomic E-state index is 6.20. The van der Waals surface area contributed by atoms with Crippen molar-refractivity contribution in [3.63, 3.8) is 0 Å². The van der Waals surface area contributed by atoms with Crippen molar-refractivity contribution >= 4 is 15.9 Å². The molecule has 80 valence electrons. The SMILES string of the molecule is NC1CN(C2CC2)Cc2cc(Br)ccc21. The third-order valence-electron chi connectivity index (χ3n) is 3.37. The van der Waals surface area contributed by atoms with E-state index in [4.69, 9.17) is 5.73 Å². The topological polar surface area (TPSA) is 29.3 Å². The van der Waals surface area contributed by atoms with Crippen molar-refractivity contribution in [2.75, 3.05) is 6.54 Å². The molecule has 15 heavy (non-hydrogen) atoms. The van der Waals surface area contributed by atoms with E-state index >= 15 is 0 Å². The van der Waals surface area contributed by atoms with Crippen LogP contribution >= 0.6 is 15.9 Å². The lowest BCUT2D eigenvalue weighted by atomic mass is 9.96. The lowest BCUT2D eigenvalue weighted by Crippen LogP contribution is -2.38. The van der Waals surface area contributed by atoms with Crippen molar-refractivity contribution in [2.24, 2.45) is 5.73 Å². The van der Waals surface area contributed by atoms with E-state index in [1.54, 1.807) is 0 Å². The summed E-state index contributed by atoms with van der Waals surface area (Å²) >= 11 is 3.52. The third-order valence-corrected chi connectivity index (χ3v) is 3.87. The number of nitrogens with zero attached hydrogens (tertiary/aromatic N) is 1. The van der Waals surface area contributed by atoms with E-state index in [1.165, 1.54) is 24.0 Å². The van der Waals surface area contributed by atoms with Gasteiger partial charge in [-0.05, 0) is 36.1 Å². The quantitative estimate of drug-likeness (QED) is 0.846. The summed E-state index contributed by atoms with van der Waals surface area (Å²) in [5.41, 5.74) is 8.92. The van der Waals surface area contributed by atoms with Gasteiger partial charge in [0.25, 0.3) is 0 Å². The Labute approximate surface area is 98.6 Å². The van der Waals surface area contributed by atoms with Gasteiger partial charge >= 0.3 is 0 Å². The van der Waals surface area contributed by atoms with Crippen LogP contribution in [0.2, 0.25) is 0 Å². The third kappa shape index (κ3) is 1.84. The molecule has 1 aromatic rings. The molecule has 0 bridgehead atoms. The number of halogens is 1. The standard InChI is InChI=1S/C12H15BrN2/c13-9-1-4-11-8(5-9)6-15(7-12(11)14)10-2-3-10/h1,4-5,10,12H,2-3,6-7,14H2. The minimum atomic E-state index is 0.197. The summed E-state index contributed by atoms with van der Waals surface area (Å²) < 4.78 is 1.16. The number of rotatable bonds is 1. The Kier molecular flexibility index (Phi) is 2.34. The van der Waals surface area contributed by atoms with Gasteiger partial charge < -0.3 is 5.73 Å². The molecule has 2 aliphatic rings. The molecule has 0 radical (unpaired) electrons. The lowest BCUT2D eigenvalue weighted by Gasteiger charge is -2.33. The normalized spacial score (nSPS) is 26.4. The fraction of sp³-hybridized carbons (Fsp3) is 0.500. The molecule has 0 spiro atoms. The minimum Gasteiger partial charge on any atom is -0.323 e. The molecule has 1 saturated carbocycles. The van der Waals surface area contributed by atoms with E-state index in [-0.39, 0.29) is 6.04 Å². The van der Waals surface area contributed by atoms with Crippen LogP contribution in [0.4, 0.5) is 0 Å². The van der Waals surface area contributed by atoms with Gasteiger partial charge in [-0.3, -0.25) is 4.90 Å². The van der Waals surface area contributed by atoms with Crippen LogP contribution in [-0.2, 0) is 6.54 Å². The first-order valence-electron chi connectivity index (χ1n) is 5.52. The highest BCUT2D eigenvalue weighted by Crippen LogP contribution is 2.35. The van der Waals surface area contributed by atoms with Gasteiger partial charge in [0, 0.05) is 29.6 Å². The second-order valence-electron chi connectivity index (χ2n) is 4.61. The van der Waals surface area contributed by atoms with Gasteiger partial charge in [-0.25, -0.2) is 0 Å². The molecule has 1 fully saturated rings. The molecule has 0 saturated heterocycles. The fourth-order valence-corrected chi connectivity index (χ4v) is 2.83. The highest BCUT2D eigenvalue weighted by molar-refractivity contribution is 9.10. The van der Waals surface area contributed by atoms with Gasteiger partial charge in [0.1, 0.15) is 0 Å². The highest BCUT2D eigenvalue weighted by atomic mass is 79.9. The van der Waals surface area contributed by atoms with Crippen LogP contribution in [0, 0.1) is 0 Å². The first-order valence-corrected chi connectivity index (χ1v) is 6.31. The summed E-state index contributed by atoms with van der Waals surface area (Å²) in [6.45, 7) is 2.10. The molecule has 1 aromatic carbocycles. The van der Waals surface area contributed by atoms with Crippen LogP contribution in [0.15, 0.2) is 22.7 Å². The Balaban J connectivity index is 1.93. The summed E-state index contributed by atoms with van der Waals surface area (Å²) in [5.74, 6) is 0. The van der Waals surface area contributed by atoms with E-state index in [0.29, 0.717) is 0 Å². The zero-order valence-corrected chi connectivity index (χ0v) is 10.2.